The van der Waals surface area contributed by atoms with E-state index in [1.54, 1.807) is 0 Å². The average molecular weight is 209 g/mol. The van der Waals surface area contributed by atoms with Crippen molar-refractivity contribution in [1.82, 2.24) is 4.57 Å². The third-order valence-corrected chi connectivity index (χ3v) is 2.86. The molecule has 0 radical (unpaired) electrons. The summed E-state index contributed by atoms with van der Waals surface area (Å²) in [4.78, 5) is 0. The van der Waals surface area contributed by atoms with Crippen molar-refractivity contribution in [3.8, 4) is 0 Å². The first kappa shape index (κ1) is 9.56. The van der Waals surface area contributed by atoms with Crippen LogP contribution in [-0.2, 0) is 13.5 Å². The van der Waals surface area contributed by atoms with Crippen LogP contribution in [0.25, 0.3) is 10.9 Å². The summed E-state index contributed by atoms with van der Waals surface area (Å²) in [7, 11) is 2.05. The zero-order valence-electron chi connectivity index (χ0n) is 8.13. The molecule has 1 aromatic heterocycles. The van der Waals surface area contributed by atoms with Gasteiger partial charge in [-0.2, -0.15) is 0 Å². The van der Waals surface area contributed by atoms with E-state index in [1.165, 1.54) is 11.2 Å². The summed E-state index contributed by atoms with van der Waals surface area (Å²) in [5.74, 6) is 0. The van der Waals surface area contributed by atoms with Gasteiger partial charge in [0.25, 0.3) is 0 Å². The zero-order valence-corrected chi connectivity index (χ0v) is 8.88. The molecule has 0 fully saturated rings. The Morgan fingerprint density at radius 1 is 1.43 bits per heavy atom. The number of hydrogen-bond acceptors (Lipinski definition) is 1. The van der Waals surface area contributed by atoms with Crippen molar-refractivity contribution in [2.24, 2.45) is 12.8 Å². The molecule has 0 aliphatic heterocycles. The van der Waals surface area contributed by atoms with Crippen LogP contribution in [0, 0.1) is 0 Å². The molecule has 2 N–H and O–H groups in total. The van der Waals surface area contributed by atoms with Crippen molar-refractivity contribution in [1.29, 1.82) is 0 Å². The molecule has 1 aromatic carbocycles. The first-order valence-electron chi connectivity index (χ1n) is 4.67. The Hall–Kier alpha value is -0.990. The lowest BCUT2D eigenvalue weighted by molar-refractivity contribution is 0.827. The van der Waals surface area contributed by atoms with Crippen LogP contribution in [0.5, 0.6) is 0 Å². The average Bonchev–Trinajstić information content (AvgIpc) is 2.48. The molecule has 3 heteroatoms. The lowest BCUT2D eigenvalue weighted by Crippen LogP contribution is -2.06. The molecule has 14 heavy (non-hydrogen) atoms. The molecule has 2 rings (SSSR count). The molecule has 2 nitrogen and oxygen atoms in total. The fourth-order valence-corrected chi connectivity index (χ4v) is 1.99. The molecule has 0 unspecified atom stereocenters. The van der Waals surface area contributed by atoms with Crippen LogP contribution in [0.15, 0.2) is 24.3 Å². The summed E-state index contributed by atoms with van der Waals surface area (Å²) in [5.41, 5.74) is 7.94. The van der Waals surface area contributed by atoms with Crippen LogP contribution in [0.1, 0.15) is 5.69 Å². The number of nitrogens with two attached hydrogens (primary N) is 1. The summed E-state index contributed by atoms with van der Waals surface area (Å²) in [5, 5.41) is 1.92. The van der Waals surface area contributed by atoms with Gasteiger partial charge in [0.2, 0.25) is 0 Å². The molecule has 0 amide bonds. The number of fused-ring (bicyclic) bond motifs is 1. The predicted octanol–water partition coefficient (Wildman–Crippen LogP) is 2.33. The number of nitrogens with zero attached hydrogens (tertiary/aromatic N) is 1. The lowest BCUT2D eigenvalue weighted by atomic mass is 10.2. The van der Waals surface area contributed by atoms with Gasteiger partial charge in [0.05, 0.1) is 0 Å². The number of rotatable bonds is 2. The molecule has 0 aliphatic rings. The molecule has 0 aliphatic carbocycles. The molecule has 2 aromatic rings. The molecular formula is C11H13ClN2. The van der Waals surface area contributed by atoms with Gasteiger partial charge >= 0.3 is 0 Å². The van der Waals surface area contributed by atoms with Gasteiger partial charge in [-0.05, 0) is 31.2 Å². The number of aromatic nitrogens is 1. The van der Waals surface area contributed by atoms with Crippen molar-refractivity contribution in [2.45, 2.75) is 6.42 Å². The van der Waals surface area contributed by atoms with Crippen molar-refractivity contribution in [2.75, 3.05) is 6.54 Å². The maximum absolute atomic E-state index is 6.10. The van der Waals surface area contributed by atoms with Gasteiger partial charge in [-0.15, -0.1) is 0 Å². The number of halogens is 1. The van der Waals surface area contributed by atoms with E-state index < -0.39 is 0 Å². The highest BCUT2D eigenvalue weighted by Crippen LogP contribution is 2.26. The molecule has 0 saturated carbocycles. The molecule has 0 spiro atoms. The predicted molar refractivity (Wildman–Crippen MR) is 60.7 cm³/mol. The molecular weight excluding hydrogens is 196 g/mol. The van der Waals surface area contributed by atoms with Crippen LogP contribution in [-0.4, -0.2) is 11.1 Å². The van der Waals surface area contributed by atoms with E-state index in [0.717, 1.165) is 16.8 Å². The summed E-state index contributed by atoms with van der Waals surface area (Å²) in [6, 6.07) is 8.07. The third-order valence-electron chi connectivity index (χ3n) is 2.53. The highest BCUT2D eigenvalue weighted by Gasteiger charge is 2.06. The Kier molecular flexibility index (Phi) is 2.48. The van der Waals surface area contributed by atoms with Gasteiger partial charge in [-0.1, -0.05) is 17.7 Å². The summed E-state index contributed by atoms with van der Waals surface area (Å²) >= 11 is 6.10. The number of hydrogen-bond donors (Lipinski definition) is 1. The van der Waals surface area contributed by atoms with Gasteiger partial charge in [-0.3, -0.25) is 0 Å². The van der Waals surface area contributed by atoms with Crippen LogP contribution >= 0.6 is 11.6 Å². The third kappa shape index (κ3) is 1.41. The summed E-state index contributed by atoms with van der Waals surface area (Å²) in [6.45, 7) is 0.668. The second-order valence-electron chi connectivity index (χ2n) is 3.41. The van der Waals surface area contributed by atoms with Crippen LogP contribution in [0.3, 0.4) is 0 Å². The van der Waals surface area contributed by atoms with Gasteiger partial charge in [0, 0.05) is 28.7 Å². The zero-order chi connectivity index (χ0) is 10.1. The van der Waals surface area contributed by atoms with Gasteiger partial charge in [0.15, 0.2) is 0 Å². The van der Waals surface area contributed by atoms with E-state index >= 15 is 0 Å². The second-order valence-corrected chi connectivity index (χ2v) is 3.81. The smallest absolute Gasteiger partial charge is 0.0499 e. The minimum atomic E-state index is 0.668. The minimum absolute atomic E-state index is 0.668. The van der Waals surface area contributed by atoms with E-state index in [2.05, 4.69) is 16.7 Å². The van der Waals surface area contributed by atoms with Crippen LogP contribution in [0.2, 0.25) is 5.02 Å². The Balaban J connectivity index is 2.67. The van der Waals surface area contributed by atoms with Crippen molar-refractivity contribution < 1.29 is 0 Å². The minimum Gasteiger partial charge on any atom is -0.348 e. The van der Waals surface area contributed by atoms with Gasteiger partial charge < -0.3 is 10.3 Å². The topological polar surface area (TPSA) is 30.9 Å². The molecule has 0 bridgehead atoms. The Morgan fingerprint density at radius 3 is 2.86 bits per heavy atom. The van der Waals surface area contributed by atoms with Gasteiger partial charge in [0.1, 0.15) is 0 Å². The summed E-state index contributed by atoms with van der Waals surface area (Å²) in [6.07, 6.45) is 0.890. The highest BCUT2D eigenvalue weighted by atomic mass is 35.5. The monoisotopic (exact) mass is 208 g/mol. The first-order valence-corrected chi connectivity index (χ1v) is 5.04. The molecule has 1 heterocycles. The SMILES string of the molecule is Cn1c(CCN)cc2c(Cl)cccc21. The molecule has 0 atom stereocenters. The Labute approximate surface area is 88.3 Å². The maximum Gasteiger partial charge on any atom is 0.0499 e. The standard InChI is InChI=1S/C11H13ClN2/c1-14-8(5-6-13)7-9-10(12)3-2-4-11(9)14/h2-4,7H,5-6,13H2,1H3. The molecule has 0 saturated heterocycles. The summed E-state index contributed by atoms with van der Waals surface area (Å²) < 4.78 is 2.15. The number of aryl methyl sites for hydroxylation is 1. The van der Waals surface area contributed by atoms with E-state index in [-0.39, 0.29) is 0 Å². The van der Waals surface area contributed by atoms with Gasteiger partial charge in [-0.25, -0.2) is 0 Å². The van der Waals surface area contributed by atoms with E-state index in [1.807, 2.05) is 19.2 Å². The molecule has 74 valence electrons. The van der Waals surface area contributed by atoms with Crippen molar-refractivity contribution in [3.05, 3.63) is 35.0 Å². The largest absolute Gasteiger partial charge is 0.348 e. The highest BCUT2D eigenvalue weighted by molar-refractivity contribution is 6.35. The van der Waals surface area contributed by atoms with Crippen LogP contribution < -0.4 is 5.73 Å². The lowest BCUT2D eigenvalue weighted by Gasteiger charge is -2.01. The number of benzene rings is 1. The van der Waals surface area contributed by atoms with Crippen molar-refractivity contribution in [3.63, 3.8) is 0 Å². The van der Waals surface area contributed by atoms with E-state index in [9.17, 15) is 0 Å². The first-order chi connectivity index (χ1) is 6.74. The maximum atomic E-state index is 6.10. The Morgan fingerprint density at radius 2 is 2.21 bits per heavy atom. The normalized spacial score (nSPS) is 11.1. The quantitative estimate of drug-likeness (QED) is 0.807. The second kappa shape index (κ2) is 3.64. The van der Waals surface area contributed by atoms with E-state index in [0.29, 0.717) is 6.54 Å². The Bertz CT molecular complexity index is 460. The fourth-order valence-electron chi connectivity index (χ4n) is 1.77. The van der Waals surface area contributed by atoms with Crippen LogP contribution in [0.4, 0.5) is 0 Å². The van der Waals surface area contributed by atoms with Crippen molar-refractivity contribution >= 4 is 22.5 Å². The van der Waals surface area contributed by atoms with E-state index in [4.69, 9.17) is 17.3 Å². The fraction of sp³-hybridized carbons (Fsp3) is 0.273.